The van der Waals surface area contributed by atoms with Gasteiger partial charge in [-0.2, -0.15) is 0 Å². The number of aliphatic hydroxyl groups excluding tert-OH is 1. The molecule has 2 unspecified atom stereocenters. The summed E-state index contributed by atoms with van der Waals surface area (Å²) in [5.74, 6) is 0. The Morgan fingerprint density at radius 3 is 2.91 bits per heavy atom. The number of likely N-dealkylation sites (tertiary alicyclic amines) is 1. The van der Waals surface area contributed by atoms with E-state index in [-0.39, 0.29) is 6.10 Å². The predicted molar refractivity (Wildman–Crippen MR) is 45.3 cm³/mol. The summed E-state index contributed by atoms with van der Waals surface area (Å²) < 4.78 is 0. The number of nitrogens with zero attached hydrogens (tertiary/aromatic N) is 1. The van der Waals surface area contributed by atoms with Gasteiger partial charge in [0.25, 0.3) is 0 Å². The molecule has 0 radical (unpaired) electrons. The number of rotatable bonds is 3. The number of hydrogen-bond acceptors (Lipinski definition) is 3. The molecule has 0 bridgehead atoms. The molecule has 1 fully saturated rings. The Kier molecular flexibility index (Phi) is 3.30. The van der Waals surface area contributed by atoms with E-state index < -0.39 is 0 Å². The van der Waals surface area contributed by atoms with Gasteiger partial charge in [0.15, 0.2) is 0 Å². The SMILES string of the molecule is CC(O)CCN1CCC(N)C1. The van der Waals surface area contributed by atoms with Crippen molar-refractivity contribution in [2.45, 2.75) is 31.9 Å². The van der Waals surface area contributed by atoms with Gasteiger partial charge in [-0.3, -0.25) is 0 Å². The molecular formula is C8H18N2O. The lowest BCUT2D eigenvalue weighted by Gasteiger charge is -2.15. The molecule has 1 rings (SSSR count). The number of aliphatic hydroxyl groups is 1. The van der Waals surface area contributed by atoms with Crippen LogP contribution in [0.15, 0.2) is 0 Å². The zero-order chi connectivity index (χ0) is 8.27. The molecule has 1 saturated heterocycles. The van der Waals surface area contributed by atoms with Gasteiger partial charge in [0.05, 0.1) is 6.10 Å². The van der Waals surface area contributed by atoms with Crippen molar-refractivity contribution in [3.63, 3.8) is 0 Å². The second-order valence-corrected chi connectivity index (χ2v) is 3.49. The van der Waals surface area contributed by atoms with Gasteiger partial charge in [-0.1, -0.05) is 0 Å². The fourth-order valence-corrected chi connectivity index (χ4v) is 1.44. The van der Waals surface area contributed by atoms with E-state index in [2.05, 4.69) is 4.90 Å². The lowest BCUT2D eigenvalue weighted by atomic mass is 10.3. The van der Waals surface area contributed by atoms with Crippen LogP contribution in [0.5, 0.6) is 0 Å². The van der Waals surface area contributed by atoms with Crippen molar-refractivity contribution in [1.82, 2.24) is 4.90 Å². The average molecular weight is 158 g/mol. The second kappa shape index (κ2) is 4.04. The van der Waals surface area contributed by atoms with Crippen molar-refractivity contribution in [3.8, 4) is 0 Å². The van der Waals surface area contributed by atoms with Crippen LogP contribution >= 0.6 is 0 Å². The molecule has 3 nitrogen and oxygen atoms in total. The van der Waals surface area contributed by atoms with Crippen LogP contribution < -0.4 is 5.73 Å². The lowest BCUT2D eigenvalue weighted by Crippen LogP contribution is -2.28. The number of nitrogens with two attached hydrogens (primary N) is 1. The molecule has 0 aromatic heterocycles. The summed E-state index contributed by atoms with van der Waals surface area (Å²) in [6, 6.07) is 0.365. The van der Waals surface area contributed by atoms with Gasteiger partial charge in [0.1, 0.15) is 0 Å². The minimum atomic E-state index is -0.174. The monoisotopic (exact) mass is 158 g/mol. The van der Waals surface area contributed by atoms with Gasteiger partial charge in [0.2, 0.25) is 0 Å². The van der Waals surface area contributed by atoms with Crippen molar-refractivity contribution >= 4 is 0 Å². The van der Waals surface area contributed by atoms with Crippen LogP contribution in [0.3, 0.4) is 0 Å². The summed E-state index contributed by atoms with van der Waals surface area (Å²) in [6.07, 6.45) is 1.80. The third kappa shape index (κ3) is 3.18. The molecular weight excluding hydrogens is 140 g/mol. The Labute approximate surface area is 68.2 Å². The highest BCUT2D eigenvalue weighted by Gasteiger charge is 2.18. The van der Waals surface area contributed by atoms with E-state index in [1.165, 1.54) is 0 Å². The molecule has 0 spiro atoms. The molecule has 66 valence electrons. The second-order valence-electron chi connectivity index (χ2n) is 3.49. The predicted octanol–water partition coefficient (Wildman–Crippen LogP) is -0.210. The van der Waals surface area contributed by atoms with Crippen molar-refractivity contribution in [2.75, 3.05) is 19.6 Å². The van der Waals surface area contributed by atoms with E-state index >= 15 is 0 Å². The molecule has 3 N–H and O–H groups in total. The zero-order valence-electron chi connectivity index (χ0n) is 7.16. The molecule has 1 aliphatic heterocycles. The topological polar surface area (TPSA) is 49.5 Å². The molecule has 1 heterocycles. The smallest absolute Gasteiger partial charge is 0.0524 e. The summed E-state index contributed by atoms with van der Waals surface area (Å²) in [5, 5.41) is 9.02. The third-order valence-electron chi connectivity index (χ3n) is 2.17. The third-order valence-corrected chi connectivity index (χ3v) is 2.17. The van der Waals surface area contributed by atoms with E-state index in [1.807, 2.05) is 6.92 Å². The molecule has 0 saturated carbocycles. The van der Waals surface area contributed by atoms with E-state index in [9.17, 15) is 0 Å². The van der Waals surface area contributed by atoms with Gasteiger partial charge < -0.3 is 15.7 Å². The Balaban J connectivity index is 2.08. The molecule has 0 aromatic rings. The Morgan fingerprint density at radius 2 is 2.45 bits per heavy atom. The van der Waals surface area contributed by atoms with Gasteiger partial charge in [-0.25, -0.2) is 0 Å². The van der Waals surface area contributed by atoms with Crippen molar-refractivity contribution in [1.29, 1.82) is 0 Å². The number of hydrogen-bond donors (Lipinski definition) is 2. The lowest BCUT2D eigenvalue weighted by molar-refractivity contribution is 0.164. The van der Waals surface area contributed by atoms with E-state index in [0.29, 0.717) is 6.04 Å². The van der Waals surface area contributed by atoms with Gasteiger partial charge >= 0.3 is 0 Å². The van der Waals surface area contributed by atoms with Crippen LogP contribution in [-0.4, -0.2) is 41.8 Å². The van der Waals surface area contributed by atoms with Crippen LogP contribution in [0, 0.1) is 0 Å². The van der Waals surface area contributed by atoms with Gasteiger partial charge in [-0.05, 0) is 26.3 Å². The maximum atomic E-state index is 9.02. The van der Waals surface area contributed by atoms with Crippen LogP contribution in [-0.2, 0) is 0 Å². The van der Waals surface area contributed by atoms with Crippen LogP contribution in [0.2, 0.25) is 0 Å². The highest BCUT2D eigenvalue weighted by atomic mass is 16.3. The molecule has 0 aliphatic carbocycles. The molecule has 0 amide bonds. The standard InChI is InChI=1S/C8H18N2O/c1-7(11)2-4-10-5-3-8(9)6-10/h7-8,11H,2-6,9H2,1H3. The summed E-state index contributed by atoms with van der Waals surface area (Å²) in [6.45, 7) is 4.93. The molecule has 1 aliphatic rings. The highest BCUT2D eigenvalue weighted by molar-refractivity contribution is 4.77. The highest BCUT2D eigenvalue weighted by Crippen LogP contribution is 2.07. The fourth-order valence-electron chi connectivity index (χ4n) is 1.44. The largest absolute Gasteiger partial charge is 0.393 e. The minimum Gasteiger partial charge on any atom is -0.393 e. The summed E-state index contributed by atoms with van der Waals surface area (Å²) in [4.78, 5) is 2.32. The summed E-state index contributed by atoms with van der Waals surface area (Å²) >= 11 is 0. The van der Waals surface area contributed by atoms with E-state index in [1.54, 1.807) is 0 Å². The van der Waals surface area contributed by atoms with Gasteiger partial charge in [0, 0.05) is 19.1 Å². The Hall–Kier alpha value is -0.120. The first-order chi connectivity index (χ1) is 5.18. The van der Waals surface area contributed by atoms with Crippen LogP contribution in [0.25, 0.3) is 0 Å². The minimum absolute atomic E-state index is 0.174. The maximum absolute atomic E-state index is 9.02. The van der Waals surface area contributed by atoms with Crippen molar-refractivity contribution in [3.05, 3.63) is 0 Å². The molecule has 11 heavy (non-hydrogen) atoms. The van der Waals surface area contributed by atoms with Crippen LogP contribution in [0.4, 0.5) is 0 Å². The first kappa shape index (κ1) is 8.97. The quantitative estimate of drug-likeness (QED) is 0.597. The molecule has 3 heteroatoms. The van der Waals surface area contributed by atoms with Crippen LogP contribution in [0.1, 0.15) is 19.8 Å². The average Bonchev–Trinajstić information content (AvgIpc) is 2.31. The first-order valence-corrected chi connectivity index (χ1v) is 4.34. The molecule has 2 atom stereocenters. The van der Waals surface area contributed by atoms with Gasteiger partial charge in [-0.15, -0.1) is 0 Å². The van der Waals surface area contributed by atoms with Crippen molar-refractivity contribution < 1.29 is 5.11 Å². The summed E-state index contributed by atoms with van der Waals surface area (Å²) in [5.41, 5.74) is 5.73. The Morgan fingerprint density at radius 1 is 1.73 bits per heavy atom. The normalized spacial score (nSPS) is 29.2. The maximum Gasteiger partial charge on any atom is 0.0524 e. The zero-order valence-corrected chi connectivity index (χ0v) is 7.16. The fraction of sp³-hybridized carbons (Fsp3) is 1.00. The molecule has 0 aromatic carbocycles. The van der Waals surface area contributed by atoms with Crippen molar-refractivity contribution in [2.24, 2.45) is 5.73 Å². The summed E-state index contributed by atoms with van der Waals surface area (Å²) in [7, 11) is 0. The Bertz CT molecular complexity index is 117. The van der Waals surface area contributed by atoms with E-state index in [0.717, 1.165) is 32.5 Å². The van der Waals surface area contributed by atoms with E-state index in [4.69, 9.17) is 10.8 Å². The first-order valence-electron chi connectivity index (χ1n) is 4.34.